The van der Waals surface area contributed by atoms with Crippen LogP contribution in [0.4, 0.5) is 0 Å². The van der Waals surface area contributed by atoms with Gasteiger partial charge in [-0.15, -0.1) is 0 Å². The van der Waals surface area contributed by atoms with Gasteiger partial charge in [0, 0.05) is 17.8 Å². The topological polar surface area (TPSA) is 0 Å². The van der Waals surface area contributed by atoms with Crippen LogP contribution in [0.3, 0.4) is 0 Å². The average molecular weight is 1040 g/mol. The molecule has 8 aliphatic carbocycles. The second-order valence-corrected chi connectivity index (χ2v) is 29.1. The minimum atomic E-state index is -1.81. The van der Waals surface area contributed by atoms with Crippen molar-refractivity contribution in [2.75, 3.05) is 0 Å². The van der Waals surface area contributed by atoms with E-state index in [4.69, 9.17) is 17.8 Å². The van der Waals surface area contributed by atoms with Gasteiger partial charge in [0.15, 0.2) is 0 Å². The third kappa shape index (κ3) is 52.5. The highest BCUT2D eigenvalue weighted by atomic mass is 14.4. The van der Waals surface area contributed by atoms with Crippen LogP contribution >= 0.6 is 0 Å². The molecule has 0 radical (unpaired) electrons. The zero-order chi connectivity index (χ0) is 67.3. The van der Waals surface area contributed by atoms with Crippen molar-refractivity contribution in [3.63, 3.8) is 0 Å². The van der Waals surface area contributed by atoms with Gasteiger partial charge in [0.25, 0.3) is 0 Å². The summed E-state index contributed by atoms with van der Waals surface area (Å²) in [5.41, 5.74) is 0.562. The first-order chi connectivity index (χ1) is 38.7. The van der Waals surface area contributed by atoms with Gasteiger partial charge in [-0.2, -0.15) is 0 Å². The van der Waals surface area contributed by atoms with Gasteiger partial charge in [0.05, 0.1) is 0 Å². The first-order valence-corrected chi connectivity index (χ1v) is 32.2. The van der Waals surface area contributed by atoms with E-state index < -0.39 is 37.8 Å². The molecule has 0 heteroatoms. The summed E-state index contributed by atoms with van der Waals surface area (Å²) >= 11 is 0. The SMILES string of the molecule is CC(C)(C)C.CC1CCC(C2CCCCC2)CC1.CC1CCC2(CCCC2)CC1.[2H]C([2H])(C)C(C)(C)C.[2H]C([2H])(C)C(C)C.[2H]C([2H])(C)C1CCCC1.[2H]C([2H])(C)C1CCCCC1.[2H]C([2H])([2H])C(C)(C)C.[2H]C1(C)CCCC1.[2H]C1(C)CCCCC1. The first kappa shape index (κ1) is 53.6. The molecule has 8 saturated carbocycles. The second-order valence-electron chi connectivity index (χ2n) is 29.1. The Morgan fingerprint density at radius 1 is 0.411 bits per heavy atom. The maximum Gasteiger partial charge on any atom is 0.0300 e. The van der Waals surface area contributed by atoms with Gasteiger partial charge >= 0.3 is 0 Å². The van der Waals surface area contributed by atoms with E-state index in [9.17, 15) is 0 Å². The van der Waals surface area contributed by atoms with E-state index in [0.29, 0.717) is 17.3 Å². The molecule has 0 aromatic rings. The Morgan fingerprint density at radius 3 is 0.945 bits per heavy atom. The van der Waals surface area contributed by atoms with Crippen LogP contribution in [0.5, 0.6) is 0 Å². The zero-order valence-electron chi connectivity index (χ0n) is 67.3. The standard InChI is InChI=1S/C13H24.C11H20.C8H16.2C7H14.C6H12.C6H14.3C5H12/c1-11-7-9-13(10-8-11)12-5-3-2-4-6-12;1-10-4-8-11(9-5-10)6-2-3-7-11;1-2-8-6-4-3-5-7-8;1-7-5-3-2-4-6-7;1-2-7-5-3-4-6-7;1-6-4-2-3-5-6;1-5-6(2,3)4;2*1-5(2,3)4;1-4-5(2)3/h11-13H,2-10H2,1H3;10H,2-9H2,1H3;8H,2-7H2,1H3;2*7H,2-6H2,1H3;6H,2-5H2,1H3;5H2,1-4H3;2*1-4H3;5H,4H2,1-3H3/i;;2D2;7D;2D2;6D;5D2;1D3;;4D2. The van der Waals surface area contributed by atoms with Crippen LogP contribution in [-0.2, 0) is 0 Å². The summed E-state index contributed by atoms with van der Waals surface area (Å²) in [6.45, 7) is 37.0. The van der Waals surface area contributed by atoms with Crippen molar-refractivity contribution >= 4 is 0 Å². The molecule has 0 aromatic heterocycles. The fraction of sp³-hybridized carbons (Fsp3) is 1.00. The summed E-state index contributed by atoms with van der Waals surface area (Å²) in [5.74, 6) is 4.99. The fourth-order valence-corrected chi connectivity index (χ4v) is 11.1. The highest BCUT2D eigenvalue weighted by molar-refractivity contribution is 4.88. The van der Waals surface area contributed by atoms with E-state index in [1.54, 1.807) is 99.8 Å². The summed E-state index contributed by atoms with van der Waals surface area (Å²) in [6, 6.07) is 0. The van der Waals surface area contributed by atoms with Crippen LogP contribution in [0.1, 0.15) is 413 Å². The Morgan fingerprint density at radius 2 is 0.685 bits per heavy atom. The third-order valence-electron chi connectivity index (χ3n) is 16.6. The molecule has 0 nitrogen and oxygen atoms in total. The second kappa shape index (κ2) is 44.8. The summed E-state index contributed by atoms with van der Waals surface area (Å²) in [4.78, 5) is 0. The number of hydrogen-bond acceptors (Lipinski definition) is 0. The maximum atomic E-state index is 7.63. The van der Waals surface area contributed by atoms with E-state index in [0.717, 1.165) is 80.5 Å². The molecule has 8 rings (SSSR count). The average Bonchev–Trinajstić information content (AvgIpc) is 3.93. The fourth-order valence-electron chi connectivity index (χ4n) is 11.1. The Hall–Kier alpha value is 0. The van der Waals surface area contributed by atoms with Crippen LogP contribution in [0.2, 0.25) is 0 Å². The summed E-state index contributed by atoms with van der Waals surface area (Å²) in [7, 11) is 0. The molecule has 0 atom stereocenters. The van der Waals surface area contributed by atoms with Gasteiger partial charge in [-0.3, -0.25) is 0 Å². The van der Waals surface area contributed by atoms with Crippen molar-refractivity contribution in [3.8, 4) is 0 Å². The molecule has 0 bridgehead atoms. The van der Waals surface area contributed by atoms with Gasteiger partial charge in [-0.05, 0) is 113 Å². The Labute approximate surface area is 486 Å². The summed E-state index contributed by atoms with van der Waals surface area (Å²) in [5, 5.41) is 0. The third-order valence-corrected chi connectivity index (χ3v) is 16.6. The van der Waals surface area contributed by atoms with Crippen molar-refractivity contribution in [2.45, 2.75) is 396 Å². The molecule has 0 amide bonds. The van der Waals surface area contributed by atoms with Crippen LogP contribution in [0.25, 0.3) is 0 Å². The molecule has 0 N–H and O–H groups in total. The van der Waals surface area contributed by atoms with Crippen LogP contribution in [-0.4, -0.2) is 0 Å². The van der Waals surface area contributed by atoms with Crippen molar-refractivity contribution in [3.05, 3.63) is 0 Å². The normalized spacial score (nSPS) is 28.5. The highest BCUT2D eigenvalue weighted by Gasteiger charge is 2.36. The van der Waals surface area contributed by atoms with Crippen molar-refractivity contribution < 1.29 is 17.8 Å². The molecule has 0 unspecified atom stereocenters. The lowest BCUT2D eigenvalue weighted by Gasteiger charge is -2.36. The molecule has 1 spiro atoms. The number of rotatable bonds is 4. The van der Waals surface area contributed by atoms with E-state index in [1.165, 1.54) is 122 Å². The quantitative estimate of drug-likeness (QED) is 0.263. The monoisotopic (exact) mass is 1040 g/mol. The maximum absolute atomic E-state index is 7.63. The van der Waals surface area contributed by atoms with Gasteiger partial charge in [-0.1, -0.05) is 357 Å². The largest absolute Gasteiger partial charge is 0.0651 e. The lowest BCUT2D eigenvalue weighted by atomic mass is 9.70. The molecule has 0 aromatic carbocycles. The van der Waals surface area contributed by atoms with E-state index in [2.05, 4.69) is 41.5 Å². The highest BCUT2D eigenvalue weighted by Crippen LogP contribution is 2.50. The van der Waals surface area contributed by atoms with Gasteiger partial charge < -0.3 is 0 Å². The summed E-state index contributed by atoms with van der Waals surface area (Å²) < 4.78 is 94.2. The molecule has 8 fully saturated rings. The minimum Gasteiger partial charge on any atom is -0.0651 e. The molecule has 0 aliphatic heterocycles. The predicted molar refractivity (Wildman–Crippen MR) is 340 cm³/mol. The zero-order valence-corrected chi connectivity index (χ0v) is 54.3. The molecule has 8 aliphatic rings. The van der Waals surface area contributed by atoms with Gasteiger partial charge in [-0.25, -0.2) is 0 Å². The molecule has 442 valence electrons. The smallest absolute Gasteiger partial charge is 0.0300 e. The molecule has 73 heavy (non-hydrogen) atoms. The van der Waals surface area contributed by atoms with E-state index in [1.807, 2.05) is 48.5 Å². The van der Waals surface area contributed by atoms with E-state index >= 15 is 0 Å². The first-order valence-electron chi connectivity index (χ1n) is 38.7. The van der Waals surface area contributed by atoms with Crippen molar-refractivity contribution in [1.82, 2.24) is 0 Å². The molecular weight excluding hydrogens is 877 g/mol. The van der Waals surface area contributed by atoms with Crippen LogP contribution in [0.15, 0.2) is 0 Å². The van der Waals surface area contributed by atoms with Crippen LogP contribution in [0, 0.1) is 74.9 Å². The van der Waals surface area contributed by atoms with Gasteiger partial charge in [0.1, 0.15) is 0 Å². The lowest BCUT2D eigenvalue weighted by Crippen LogP contribution is -2.23. The van der Waals surface area contributed by atoms with Crippen molar-refractivity contribution in [1.29, 1.82) is 0 Å². The number of hydrogen-bond donors (Lipinski definition) is 0. The Bertz CT molecular complexity index is 1540. The van der Waals surface area contributed by atoms with Crippen LogP contribution < -0.4 is 0 Å². The predicted octanol–water partition coefficient (Wildman–Crippen LogP) is 27.1. The van der Waals surface area contributed by atoms with E-state index in [-0.39, 0.29) is 23.1 Å². The molecule has 0 saturated heterocycles. The molecular formula is C73H150. The van der Waals surface area contributed by atoms with Crippen molar-refractivity contribution in [2.24, 2.45) is 74.9 Å². The lowest BCUT2D eigenvalue weighted by molar-refractivity contribution is 0.162. The summed E-state index contributed by atoms with van der Waals surface area (Å²) in [6.07, 6.45) is 43.8. The van der Waals surface area contributed by atoms with Gasteiger partial charge in [0.2, 0.25) is 0 Å². The minimum absolute atomic E-state index is 0.0556. The Kier molecular flexibility index (Phi) is 32.9. The Balaban J connectivity index is 0. The molecule has 0 heterocycles.